The van der Waals surface area contributed by atoms with Gasteiger partial charge in [-0.2, -0.15) is 14.0 Å². The third-order valence-corrected chi connectivity index (χ3v) is 9.06. The van der Waals surface area contributed by atoms with Gasteiger partial charge in [-0.05, 0) is 66.1 Å². The number of anilines is 1. The quantitative estimate of drug-likeness (QED) is 0.343. The van der Waals surface area contributed by atoms with Crippen LogP contribution in [0.25, 0.3) is 0 Å². The van der Waals surface area contributed by atoms with Crippen molar-refractivity contribution >= 4 is 21.4 Å². The molecular weight excluding hydrogens is 552 g/mol. The van der Waals surface area contributed by atoms with Gasteiger partial charge in [-0.3, -0.25) is 4.79 Å². The molecule has 8 nitrogen and oxygen atoms in total. The minimum Gasteiger partial charge on any atom is -0.394 e. The van der Waals surface area contributed by atoms with E-state index in [1.165, 1.54) is 12.1 Å². The van der Waals surface area contributed by atoms with Crippen molar-refractivity contribution in [3.8, 4) is 6.07 Å². The van der Waals surface area contributed by atoms with Crippen LogP contribution in [0.1, 0.15) is 52.4 Å². The number of aliphatic hydroxyl groups is 1. The van der Waals surface area contributed by atoms with Crippen molar-refractivity contribution in [3.05, 3.63) is 95.1 Å². The molecule has 3 atom stereocenters. The van der Waals surface area contributed by atoms with Gasteiger partial charge < -0.3 is 20.1 Å². The van der Waals surface area contributed by atoms with E-state index in [9.17, 15) is 27.1 Å². The van der Waals surface area contributed by atoms with Gasteiger partial charge in [-0.15, -0.1) is 0 Å². The maximum atomic E-state index is 13.0. The summed E-state index contributed by atoms with van der Waals surface area (Å²) < 4.78 is 54.5. The van der Waals surface area contributed by atoms with Crippen molar-refractivity contribution < 1.29 is 31.8 Å². The summed E-state index contributed by atoms with van der Waals surface area (Å²) in [6, 6.07) is 21.0. The molecule has 0 radical (unpaired) electrons. The average molecular weight is 584 g/mol. The van der Waals surface area contributed by atoms with Gasteiger partial charge in [0, 0.05) is 23.7 Å². The van der Waals surface area contributed by atoms with E-state index in [2.05, 4.69) is 16.1 Å². The molecule has 0 spiro atoms. The lowest BCUT2D eigenvalue weighted by Gasteiger charge is -2.27. The molecule has 1 aliphatic heterocycles. The number of nitrogens with one attached hydrogen (secondary N) is 1. The molecule has 1 fully saturated rings. The SMILES string of the molecule is CCS(=O)(=O)c1ccc([C@H](CO)NC(=O)c2ccc(N3CC(c4ccc(C#N)cc4)C[C@H]3COC(F)F)cc2)cc1. The summed E-state index contributed by atoms with van der Waals surface area (Å²) in [6.45, 7) is -1.34. The number of benzene rings is 3. The molecule has 0 aliphatic carbocycles. The molecule has 3 aromatic carbocycles. The number of carbonyl (C=O) groups is 1. The van der Waals surface area contributed by atoms with E-state index in [-0.39, 0.29) is 35.8 Å². The number of ether oxygens (including phenoxy) is 1. The highest BCUT2D eigenvalue weighted by atomic mass is 32.2. The first-order valence-corrected chi connectivity index (χ1v) is 14.8. The number of hydrogen-bond donors (Lipinski definition) is 2. The van der Waals surface area contributed by atoms with Gasteiger partial charge >= 0.3 is 6.61 Å². The first-order chi connectivity index (χ1) is 19.6. The van der Waals surface area contributed by atoms with Crippen molar-refractivity contribution in [3.63, 3.8) is 0 Å². The predicted molar refractivity (Wildman–Crippen MR) is 150 cm³/mol. The summed E-state index contributed by atoms with van der Waals surface area (Å²) in [5, 5.41) is 21.7. The highest BCUT2D eigenvalue weighted by molar-refractivity contribution is 7.91. The van der Waals surface area contributed by atoms with Crippen LogP contribution in [0.4, 0.5) is 14.5 Å². The molecule has 41 heavy (non-hydrogen) atoms. The molecule has 216 valence electrons. The van der Waals surface area contributed by atoms with Crippen LogP contribution in [-0.4, -0.2) is 57.6 Å². The number of sulfone groups is 1. The fourth-order valence-electron chi connectivity index (χ4n) is 5.00. The monoisotopic (exact) mass is 583 g/mol. The van der Waals surface area contributed by atoms with Gasteiger partial charge in [-0.1, -0.05) is 31.2 Å². The molecular formula is C30H31F2N3O5S. The Balaban J connectivity index is 1.47. The molecule has 0 bridgehead atoms. The summed E-state index contributed by atoms with van der Waals surface area (Å²) in [6.07, 6.45) is 0.581. The molecule has 1 amide bonds. The Morgan fingerprint density at radius 1 is 1.10 bits per heavy atom. The highest BCUT2D eigenvalue weighted by Crippen LogP contribution is 2.36. The minimum absolute atomic E-state index is 0.0317. The van der Waals surface area contributed by atoms with E-state index >= 15 is 0 Å². The van der Waals surface area contributed by atoms with E-state index in [1.807, 2.05) is 17.0 Å². The Labute approximate surface area is 238 Å². The number of carbonyl (C=O) groups excluding carboxylic acids is 1. The van der Waals surface area contributed by atoms with Crippen molar-refractivity contribution in [2.75, 3.05) is 30.4 Å². The van der Waals surface area contributed by atoms with Gasteiger partial charge in [0.15, 0.2) is 9.84 Å². The van der Waals surface area contributed by atoms with Gasteiger partial charge in [0.25, 0.3) is 5.91 Å². The van der Waals surface area contributed by atoms with Gasteiger partial charge in [0.1, 0.15) is 0 Å². The van der Waals surface area contributed by atoms with Gasteiger partial charge in [0.2, 0.25) is 0 Å². The van der Waals surface area contributed by atoms with Crippen LogP contribution < -0.4 is 10.2 Å². The molecule has 11 heteroatoms. The van der Waals surface area contributed by atoms with E-state index < -0.39 is 28.4 Å². The number of amides is 1. The second-order valence-electron chi connectivity index (χ2n) is 9.79. The van der Waals surface area contributed by atoms with Crippen LogP contribution >= 0.6 is 0 Å². The number of halogens is 2. The Morgan fingerprint density at radius 3 is 2.32 bits per heavy atom. The second kappa shape index (κ2) is 13.2. The maximum Gasteiger partial charge on any atom is 0.345 e. The molecule has 4 rings (SSSR count). The number of rotatable bonds is 11. The first kappa shape index (κ1) is 30.1. The molecule has 0 saturated carbocycles. The van der Waals surface area contributed by atoms with Crippen LogP contribution in [-0.2, 0) is 14.6 Å². The third kappa shape index (κ3) is 7.27. The van der Waals surface area contributed by atoms with E-state index in [0.29, 0.717) is 29.7 Å². The maximum absolute atomic E-state index is 13.0. The summed E-state index contributed by atoms with van der Waals surface area (Å²) in [4.78, 5) is 15.1. The zero-order chi connectivity index (χ0) is 29.6. The summed E-state index contributed by atoms with van der Waals surface area (Å²) in [7, 11) is -3.37. The molecule has 1 aliphatic rings. The van der Waals surface area contributed by atoms with Crippen LogP contribution in [0.15, 0.2) is 77.7 Å². The smallest absolute Gasteiger partial charge is 0.345 e. The summed E-state index contributed by atoms with van der Waals surface area (Å²) in [5.41, 5.74) is 3.17. The van der Waals surface area contributed by atoms with Crippen molar-refractivity contribution in [1.29, 1.82) is 5.26 Å². The summed E-state index contributed by atoms with van der Waals surface area (Å²) >= 11 is 0. The Bertz CT molecular complexity index is 1470. The number of hydrogen-bond acceptors (Lipinski definition) is 7. The lowest BCUT2D eigenvalue weighted by atomic mass is 9.96. The lowest BCUT2D eigenvalue weighted by molar-refractivity contribution is -0.131. The average Bonchev–Trinajstić information content (AvgIpc) is 3.43. The lowest BCUT2D eigenvalue weighted by Crippen LogP contribution is -2.34. The van der Waals surface area contributed by atoms with Crippen LogP contribution in [0, 0.1) is 11.3 Å². The number of alkyl halides is 2. The van der Waals surface area contributed by atoms with Gasteiger partial charge in [0.05, 0.1) is 47.6 Å². The van der Waals surface area contributed by atoms with Crippen molar-refractivity contribution in [1.82, 2.24) is 5.32 Å². The zero-order valence-corrected chi connectivity index (χ0v) is 23.2. The zero-order valence-electron chi connectivity index (χ0n) is 22.4. The number of nitrogens with zero attached hydrogens (tertiary/aromatic N) is 2. The fraction of sp³-hybridized carbons (Fsp3) is 0.333. The first-order valence-electron chi connectivity index (χ1n) is 13.2. The number of aliphatic hydroxyl groups excluding tert-OH is 1. The molecule has 2 N–H and O–H groups in total. The Kier molecular flexibility index (Phi) is 9.70. The Hall–Kier alpha value is -3.85. The topological polar surface area (TPSA) is 120 Å². The van der Waals surface area contributed by atoms with Crippen LogP contribution in [0.5, 0.6) is 0 Å². The fourth-order valence-corrected chi connectivity index (χ4v) is 5.88. The molecule has 3 aromatic rings. The normalized spacial score (nSPS) is 17.8. The molecule has 0 aromatic heterocycles. The molecule has 1 unspecified atom stereocenters. The van der Waals surface area contributed by atoms with Gasteiger partial charge in [-0.25, -0.2) is 8.42 Å². The second-order valence-corrected chi connectivity index (χ2v) is 12.1. The van der Waals surface area contributed by atoms with Crippen LogP contribution in [0.2, 0.25) is 0 Å². The third-order valence-electron chi connectivity index (χ3n) is 7.31. The van der Waals surface area contributed by atoms with Crippen molar-refractivity contribution in [2.24, 2.45) is 0 Å². The Morgan fingerprint density at radius 2 is 1.76 bits per heavy atom. The van der Waals surface area contributed by atoms with Crippen molar-refractivity contribution in [2.45, 2.75) is 42.9 Å². The van der Waals surface area contributed by atoms with E-state index in [4.69, 9.17) is 5.26 Å². The summed E-state index contributed by atoms with van der Waals surface area (Å²) in [5.74, 6) is -0.424. The van der Waals surface area contributed by atoms with E-state index in [0.717, 1.165) is 11.3 Å². The standard InChI is InChI=1S/C30H31F2N3O5S/c1-2-41(38,39)27-13-9-22(10-14-27)28(18-36)34-29(37)23-7-11-25(12-8-23)35-17-24(15-26(35)19-40-30(31)32)21-5-3-20(16-33)4-6-21/h3-14,24,26,28,30,36H,2,15,17-19H2,1H3,(H,34,37)/t24?,26-,28-/m0/s1. The molecule has 1 heterocycles. The predicted octanol–water partition coefficient (Wildman–Crippen LogP) is 4.42. The van der Waals surface area contributed by atoms with E-state index in [1.54, 1.807) is 55.5 Å². The van der Waals surface area contributed by atoms with Crippen LogP contribution in [0.3, 0.4) is 0 Å². The minimum atomic E-state index is -3.37. The number of nitriles is 1. The largest absolute Gasteiger partial charge is 0.394 e. The molecule has 1 saturated heterocycles. The highest BCUT2D eigenvalue weighted by Gasteiger charge is 2.34.